The highest BCUT2D eigenvalue weighted by molar-refractivity contribution is 8.00. The highest BCUT2D eigenvalue weighted by Crippen LogP contribution is 2.40. The van der Waals surface area contributed by atoms with Crippen LogP contribution in [0.25, 0.3) is 0 Å². The van der Waals surface area contributed by atoms with Crippen molar-refractivity contribution in [2.24, 2.45) is 11.8 Å². The van der Waals surface area contributed by atoms with E-state index >= 15 is 0 Å². The summed E-state index contributed by atoms with van der Waals surface area (Å²) in [6, 6.07) is 0.808. The van der Waals surface area contributed by atoms with Crippen molar-refractivity contribution in [2.75, 3.05) is 12.3 Å². The Morgan fingerprint density at radius 1 is 1.11 bits per heavy atom. The van der Waals surface area contributed by atoms with Gasteiger partial charge >= 0.3 is 0 Å². The molecule has 106 valence electrons. The van der Waals surface area contributed by atoms with Gasteiger partial charge in [0, 0.05) is 11.3 Å². The van der Waals surface area contributed by atoms with E-state index in [4.69, 9.17) is 0 Å². The topological polar surface area (TPSA) is 12.0 Å². The van der Waals surface area contributed by atoms with E-state index in [1.165, 1.54) is 63.7 Å². The third-order valence-corrected chi connectivity index (χ3v) is 6.43. The second-order valence-corrected chi connectivity index (χ2v) is 7.50. The Balaban J connectivity index is 2.00. The summed E-state index contributed by atoms with van der Waals surface area (Å²) in [4.78, 5) is 0. The molecule has 2 rings (SSSR count). The van der Waals surface area contributed by atoms with Crippen molar-refractivity contribution in [3.8, 4) is 0 Å². The summed E-state index contributed by atoms with van der Waals surface area (Å²) < 4.78 is 0. The fourth-order valence-corrected chi connectivity index (χ4v) is 5.45. The normalized spacial score (nSPS) is 34.7. The van der Waals surface area contributed by atoms with Crippen LogP contribution in [-0.2, 0) is 0 Å². The molecule has 0 aromatic carbocycles. The molecule has 1 saturated carbocycles. The van der Waals surface area contributed by atoms with Crippen LogP contribution in [0.3, 0.4) is 0 Å². The van der Waals surface area contributed by atoms with E-state index in [1.807, 2.05) is 0 Å². The Labute approximate surface area is 118 Å². The lowest BCUT2D eigenvalue weighted by atomic mass is 9.73. The van der Waals surface area contributed by atoms with E-state index in [9.17, 15) is 0 Å². The molecule has 1 saturated heterocycles. The summed E-state index contributed by atoms with van der Waals surface area (Å²) in [6.07, 6.45) is 11.5. The first-order chi connectivity index (χ1) is 8.86. The van der Waals surface area contributed by atoms with Gasteiger partial charge < -0.3 is 5.32 Å². The summed E-state index contributed by atoms with van der Waals surface area (Å²) in [6.45, 7) is 5.92. The summed E-state index contributed by atoms with van der Waals surface area (Å²) in [5, 5.41) is 4.84. The standard InChI is InChI=1S/C16H31NS/c1-3-11-17-16(15-10-7-12-18-15)14-9-6-5-8-13(14)4-2/h13-17H,3-12H2,1-2H3. The zero-order chi connectivity index (χ0) is 12.8. The van der Waals surface area contributed by atoms with Gasteiger partial charge in [0.15, 0.2) is 0 Å². The monoisotopic (exact) mass is 269 g/mol. The molecule has 0 spiro atoms. The highest BCUT2D eigenvalue weighted by Gasteiger charge is 2.36. The van der Waals surface area contributed by atoms with Gasteiger partial charge in [0.25, 0.3) is 0 Å². The lowest BCUT2D eigenvalue weighted by Gasteiger charge is -2.40. The maximum Gasteiger partial charge on any atom is 0.0217 e. The van der Waals surface area contributed by atoms with Gasteiger partial charge in [-0.05, 0) is 49.8 Å². The fourth-order valence-electron chi connectivity index (χ4n) is 3.97. The predicted molar refractivity (Wildman–Crippen MR) is 83.3 cm³/mol. The van der Waals surface area contributed by atoms with Crippen LogP contribution in [0.15, 0.2) is 0 Å². The Kier molecular flexibility index (Phi) is 6.37. The van der Waals surface area contributed by atoms with Crippen molar-refractivity contribution < 1.29 is 0 Å². The molecule has 0 radical (unpaired) electrons. The van der Waals surface area contributed by atoms with Crippen LogP contribution in [0.4, 0.5) is 0 Å². The van der Waals surface area contributed by atoms with E-state index in [-0.39, 0.29) is 0 Å². The van der Waals surface area contributed by atoms with Crippen LogP contribution < -0.4 is 5.32 Å². The van der Waals surface area contributed by atoms with E-state index in [0.717, 1.165) is 23.1 Å². The number of hydrogen-bond acceptors (Lipinski definition) is 2. The second-order valence-electron chi connectivity index (χ2n) is 6.15. The van der Waals surface area contributed by atoms with E-state index in [2.05, 4.69) is 30.9 Å². The largest absolute Gasteiger partial charge is 0.313 e. The van der Waals surface area contributed by atoms with Crippen molar-refractivity contribution in [1.82, 2.24) is 5.32 Å². The van der Waals surface area contributed by atoms with Crippen molar-refractivity contribution >= 4 is 11.8 Å². The van der Waals surface area contributed by atoms with Crippen LogP contribution in [0.5, 0.6) is 0 Å². The van der Waals surface area contributed by atoms with E-state index in [0.29, 0.717) is 0 Å². The molecular formula is C16H31NS. The summed E-state index contributed by atoms with van der Waals surface area (Å²) in [5.41, 5.74) is 0. The molecule has 4 unspecified atom stereocenters. The second kappa shape index (κ2) is 7.79. The zero-order valence-electron chi connectivity index (χ0n) is 12.3. The third kappa shape index (κ3) is 3.66. The van der Waals surface area contributed by atoms with Crippen LogP contribution in [-0.4, -0.2) is 23.6 Å². The molecule has 1 aliphatic carbocycles. The Morgan fingerprint density at radius 3 is 2.61 bits per heavy atom. The van der Waals surface area contributed by atoms with Gasteiger partial charge in [0.2, 0.25) is 0 Å². The molecular weight excluding hydrogens is 238 g/mol. The van der Waals surface area contributed by atoms with Crippen molar-refractivity contribution in [2.45, 2.75) is 76.5 Å². The molecule has 0 aromatic rings. The quantitative estimate of drug-likeness (QED) is 0.763. The van der Waals surface area contributed by atoms with Crippen LogP contribution in [0.1, 0.15) is 65.2 Å². The molecule has 2 aliphatic rings. The van der Waals surface area contributed by atoms with Gasteiger partial charge in [-0.25, -0.2) is 0 Å². The van der Waals surface area contributed by atoms with Gasteiger partial charge in [-0.15, -0.1) is 0 Å². The maximum absolute atomic E-state index is 3.92. The molecule has 1 aliphatic heterocycles. The minimum absolute atomic E-state index is 0.808. The smallest absolute Gasteiger partial charge is 0.0217 e. The van der Waals surface area contributed by atoms with Gasteiger partial charge in [-0.1, -0.05) is 39.5 Å². The molecule has 1 heterocycles. The van der Waals surface area contributed by atoms with Crippen LogP contribution >= 0.6 is 11.8 Å². The SMILES string of the molecule is CCCNC(C1CCCS1)C1CCCCC1CC. The molecule has 1 N–H and O–H groups in total. The highest BCUT2D eigenvalue weighted by atomic mass is 32.2. The average Bonchev–Trinajstić information content (AvgIpc) is 2.94. The lowest BCUT2D eigenvalue weighted by Crippen LogP contribution is -2.47. The number of hydrogen-bond donors (Lipinski definition) is 1. The third-order valence-electron chi connectivity index (χ3n) is 4.95. The number of rotatable bonds is 6. The minimum atomic E-state index is 0.808. The summed E-state index contributed by atoms with van der Waals surface area (Å²) >= 11 is 2.24. The summed E-state index contributed by atoms with van der Waals surface area (Å²) in [5.74, 6) is 3.36. The first-order valence-electron chi connectivity index (χ1n) is 8.21. The number of thioether (sulfide) groups is 1. The molecule has 18 heavy (non-hydrogen) atoms. The first-order valence-corrected chi connectivity index (χ1v) is 9.26. The van der Waals surface area contributed by atoms with Gasteiger partial charge in [0.05, 0.1) is 0 Å². The van der Waals surface area contributed by atoms with Gasteiger partial charge in [0.1, 0.15) is 0 Å². The van der Waals surface area contributed by atoms with Crippen molar-refractivity contribution in [3.63, 3.8) is 0 Å². The molecule has 2 heteroatoms. The Bertz CT molecular complexity index is 225. The first kappa shape index (κ1) is 14.7. The predicted octanol–water partition coefficient (Wildman–Crippen LogP) is 4.47. The number of nitrogens with one attached hydrogen (secondary N) is 1. The zero-order valence-corrected chi connectivity index (χ0v) is 13.1. The van der Waals surface area contributed by atoms with Gasteiger partial charge in [-0.3, -0.25) is 0 Å². The van der Waals surface area contributed by atoms with Crippen molar-refractivity contribution in [3.05, 3.63) is 0 Å². The molecule has 0 aromatic heterocycles. The molecule has 4 atom stereocenters. The minimum Gasteiger partial charge on any atom is -0.313 e. The molecule has 1 nitrogen and oxygen atoms in total. The van der Waals surface area contributed by atoms with E-state index < -0.39 is 0 Å². The lowest BCUT2D eigenvalue weighted by molar-refractivity contribution is 0.171. The van der Waals surface area contributed by atoms with Crippen LogP contribution in [0.2, 0.25) is 0 Å². The molecule has 0 amide bonds. The maximum atomic E-state index is 3.92. The van der Waals surface area contributed by atoms with E-state index in [1.54, 1.807) is 0 Å². The average molecular weight is 269 g/mol. The molecule has 0 bridgehead atoms. The summed E-state index contributed by atoms with van der Waals surface area (Å²) in [7, 11) is 0. The van der Waals surface area contributed by atoms with Crippen LogP contribution in [0, 0.1) is 11.8 Å². The Hall–Kier alpha value is 0.310. The Morgan fingerprint density at radius 2 is 1.94 bits per heavy atom. The fraction of sp³-hybridized carbons (Fsp3) is 1.00. The molecule has 2 fully saturated rings. The van der Waals surface area contributed by atoms with Gasteiger partial charge in [-0.2, -0.15) is 11.8 Å². The van der Waals surface area contributed by atoms with Crippen molar-refractivity contribution in [1.29, 1.82) is 0 Å².